The number of halogens is 5. The number of rotatable bonds is 4. The van der Waals surface area contributed by atoms with Crippen LogP contribution in [0.15, 0.2) is 35.4 Å². The Bertz CT molecular complexity index is 1040. The molecule has 0 saturated carbocycles. The minimum Gasteiger partial charge on any atom is -0.494 e. The normalized spacial score (nSPS) is 11.8. The number of alkyl halides is 3. The number of aromatic nitrogens is 3. The Hall–Kier alpha value is -2.57. The summed E-state index contributed by atoms with van der Waals surface area (Å²) in [5, 5.41) is 34.4. The number of nitro groups is 1. The van der Waals surface area contributed by atoms with E-state index in [0.29, 0.717) is 4.57 Å². The number of aromatic hydroxyl groups is 2. The van der Waals surface area contributed by atoms with Gasteiger partial charge in [-0.15, -0.1) is 0 Å². The van der Waals surface area contributed by atoms with E-state index in [9.17, 15) is 33.5 Å². The lowest BCUT2D eigenvalue weighted by atomic mass is 10.3. The summed E-state index contributed by atoms with van der Waals surface area (Å²) in [6, 6.07) is 4.08. The van der Waals surface area contributed by atoms with Gasteiger partial charge in [0, 0.05) is 17.0 Å². The molecule has 0 aliphatic rings. The number of hydrogen-bond donors (Lipinski definition) is 2. The fourth-order valence-corrected chi connectivity index (χ4v) is 3.80. The number of thioether (sulfide) groups is 1. The van der Waals surface area contributed by atoms with Crippen LogP contribution < -0.4 is 0 Å². The largest absolute Gasteiger partial charge is 0.494 e. The molecule has 0 unspecified atom stereocenters. The highest BCUT2D eigenvalue weighted by atomic mass is 35.5. The number of nitrogens with zero attached hydrogens (tertiary/aromatic N) is 4. The minimum absolute atomic E-state index is 0.176. The summed E-state index contributed by atoms with van der Waals surface area (Å²) in [7, 11) is 0. The average molecular weight is 455 g/mol. The van der Waals surface area contributed by atoms with Gasteiger partial charge in [0.05, 0.1) is 15.0 Å². The summed E-state index contributed by atoms with van der Waals surface area (Å²) < 4.78 is 39.3. The fourth-order valence-electron chi connectivity index (χ4n) is 2.40. The van der Waals surface area contributed by atoms with Crippen LogP contribution in [0.2, 0.25) is 10.0 Å². The highest BCUT2D eigenvalue weighted by Gasteiger charge is 2.32. The third kappa shape index (κ3) is 3.70. The van der Waals surface area contributed by atoms with Crippen LogP contribution in [0.5, 0.6) is 11.8 Å². The van der Waals surface area contributed by atoms with Gasteiger partial charge in [-0.05, 0) is 23.9 Å². The Labute approximate surface area is 167 Å². The van der Waals surface area contributed by atoms with Crippen molar-refractivity contribution < 1.29 is 28.3 Å². The van der Waals surface area contributed by atoms with Gasteiger partial charge in [0.25, 0.3) is 0 Å². The average Bonchev–Trinajstić information content (AvgIpc) is 3.08. The molecule has 2 N–H and O–H groups in total. The Morgan fingerprint density at radius 3 is 2.14 bits per heavy atom. The molecule has 0 bridgehead atoms. The van der Waals surface area contributed by atoms with Crippen LogP contribution in [0.25, 0.3) is 11.5 Å². The first-order valence-corrected chi connectivity index (χ1v) is 8.64. The second kappa shape index (κ2) is 7.11. The summed E-state index contributed by atoms with van der Waals surface area (Å²) in [5.74, 6) is -1.54. The predicted molar refractivity (Wildman–Crippen MR) is 94.8 cm³/mol. The monoisotopic (exact) mass is 454 g/mol. The van der Waals surface area contributed by atoms with Crippen LogP contribution >= 0.6 is 35.0 Å². The molecule has 0 aliphatic heterocycles. The maximum Gasteiger partial charge on any atom is 0.446 e. The second-order valence-electron chi connectivity index (χ2n) is 5.19. The van der Waals surface area contributed by atoms with Crippen molar-refractivity contribution >= 4 is 40.7 Å². The Balaban J connectivity index is 2.25. The zero-order valence-corrected chi connectivity index (χ0v) is 15.5. The smallest absolute Gasteiger partial charge is 0.446 e. The first-order valence-electron chi connectivity index (χ1n) is 7.07. The molecule has 2 aromatic heterocycles. The SMILES string of the molecule is O=[N+]([O-])c1cnn(-c2c(Cl)cc(SC(F)(F)F)cc2Cl)c1-n1c(O)ccc1O. The maximum absolute atomic E-state index is 12.6. The van der Waals surface area contributed by atoms with E-state index in [0.717, 1.165) is 35.1 Å². The Morgan fingerprint density at radius 2 is 1.68 bits per heavy atom. The molecule has 28 heavy (non-hydrogen) atoms. The van der Waals surface area contributed by atoms with Crippen molar-refractivity contribution in [2.24, 2.45) is 0 Å². The molecule has 0 radical (unpaired) electrons. The Morgan fingerprint density at radius 1 is 1.14 bits per heavy atom. The molecule has 3 aromatic rings. The summed E-state index contributed by atoms with van der Waals surface area (Å²) in [6.07, 6.45) is 0.819. The van der Waals surface area contributed by atoms with E-state index in [1.807, 2.05) is 0 Å². The van der Waals surface area contributed by atoms with Gasteiger partial charge in [-0.3, -0.25) is 10.1 Å². The van der Waals surface area contributed by atoms with Gasteiger partial charge >= 0.3 is 11.2 Å². The quantitative estimate of drug-likeness (QED) is 0.329. The van der Waals surface area contributed by atoms with Crippen LogP contribution in [-0.2, 0) is 0 Å². The molecule has 0 saturated heterocycles. The van der Waals surface area contributed by atoms with Crippen molar-refractivity contribution in [2.75, 3.05) is 0 Å². The number of benzene rings is 1. The standard InChI is InChI=1S/C14H7Cl2F3N4O4S/c15-7-3-6(28-14(17,18)19)4-8(16)12(7)22-13(9(5-20-22)23(26)27)21-10(24)1-2-11(21)25/h1-5,24-25H. The first kappa shape index (κ1) is 20.2. The van der Waals surface area contributed by atoms with E-state index < -0.39 is 45.5 Å². The summed E-state index contributed by atoms with van der Waals surface area (Å²) >= 11 is 11.7. The van der Waals surface area contributed by atoms with Crippen LogP contribution in [0.4, 0.5) is 18.9 Å². The molecule has 1 aromatic carbocycles. The molecular weight excluding hydrogens is 448 g/mol. The highest BCUT2D eigenvalue weighted by molar-refractivity contribution is 8.00. The highest BCUT2D eigenvalue weighted by Crippen LogP contribution is 2.43. The minimum atomic E-state index is -4.58. The van der Waals surface area contributed by atoms with E-state index in [1.54, 1.807) is 0 Å². The zero-order chi connectivity index (χ0) is 20.8. The van der Waals surface area contributed by atoms with Crippen LogP contribution in [-0.4, -0.2) is 35.0 Å². The van der Waals surface area contributed by atoms with E-state index in [4.69, 9.17) is 23.2 Å². The van der Waals surface area contributed by atoms with Crippen molar-refractivity contribution in [1.29, 1.82) is 0 Å². The van der Waals surface area contributed by atoms with Gasteiger partial charge in [-0.25, -0.2) is 9.25 Å². The lowest BCUT2D eigenvalue weighted by molar-refractivity contribution is -0.384. The molecule has 0 atom stereocenters. The van der Waals surface area contributed by atoms with E-state index in [-0.39, 0.29) is 20.6 Å². The van der Waals surface area contributed by atoms with Gasteiger partial charge in [0.15, 0.2) is 11.8 Å². The van der Waals surface area contributed by atoms with Gasteiger partial charge in [0.2, 0.25) is 5.82 Å². The maximum atomic E-state index is 12.6. The topological polar surface area (TPSA) is 106 Å². The fraction of sp³-hybridized carbons (Fsp3) is 0.0714. The molecule has 0 spiro atoms. The van der Waals surface area contributed by atoms with Crippen molar-refractivity contribution in [2.45, 2.75) is 10.4 Å². The predicted octanol–water partition coefficient (Wildman–Crippen LogP) is 4.90. The third-order valence-corrected chi connectivity index (χ3v) is 4.69. The van der Waals surface area contributed by atoms with E-state index in [1.165, 1.54) is 0 Å². The van der Waals surface area contributed by atoms with Gasteiger partial charge in [-0.2, -0.15) is 18.3 Å². The molecule has 0 amide bonds. The van der Waals surface area contributed by atoms with Crippen molar-refractivity contribution in [1.82, 2.24) is 14.3 Å². The molecule has 0 fully saturated rings. The van der Waals surface area contributed by atoms with Crippen LogP contribution in [0.1, 0.15) is 0 Å². The third-order valence-electron chi connectivity index (χ3n) is 3.41. The van der Waals surface area contributed by atoms with Gasteiger partial charge < -0.3 is 10.2 Å². The number of hydrogen-bond acceptors (Lipinski definition) is 6. The van der Waals surface area contributed by atoms with Crippen molar-refractivity contribution in [3.63, 3.8) is 0 Å². The van der Waals surface area contributed by atoms with E-state index >= 15 is 0 Å². The molecule has 148 valence electrons. The van der Waals surface area contributed by atoms with Crippen LogP contribution in [0, 0.1) is 10.1 Å². The molecule has 2 heterocycles. The summed E-state index contributed by atoms with van der Waals surface area (Å²) in [4.78, 5) is 10.2. The van der Waals surface area contributed by atoms with Gasteiger partial charge in [-0.1, -0.05) is 23.2 Å². The first-order chi connectivity index (χ1) is 13.0. The van der Waals surface area contributed by atoms with Crippen molar-refractivity contribution in [3.05, 3.63) is 50.6 Å². The zero-order valence-electron chi connectivity index (χ0n) is 13.2. The molecule has 3 rings (SSSR count). The Kier molecular flexibility index (Phi) is 5.12. The van der Waals surface area contributed by atoms with Crippen molar-refractivity contribution in [3.8, 4) is 23.3 Å². The lowest BCUT2D eigenvalue weighted by Gasteiger charge is -2.14. The molecular formula is C14H7Cl2F3N4O4S. The van der Waals surface area contributed by atoms with E-state index in [2.05, 4.69) is 5.10 Å². The second-order valence-corrected chi connectivity index (χ2v) is 7.14. The lowest BCUT2D eigenvalue weighted by Crippen LogP contribution is -2.08. The summed E-state index contributed by atoms with van der Waals surface area (Å²) in [5.41, 5.74) is -5.37. The van der Waals surface area contributed by atoms with Crippen LogP contribution in [0.3, 0.4) is 0 Å². The summed E-state index contributed by atoms with van der Waals surface area (Å²) in [6.45, 7) is 0. The molecule has 14 heteroatoms. The molecule has 8 nitrogen and oxygen atoms in total. The van der Waals surface area contributed by atoms with Gasteiger partial charge in [0.1, 0.15) is 11.9 Å². The molecule has 0 aliphatic carbocycles.